The number of carbonyl (C=O) groups is 1. The number of hydrogen-bond donors (Lipinski definition) is 1. The SMILES string of the molecule is CNc1ncccc1C(=O)N(C)c1ccccc1C#N. The molecule has 0 saturated carbocycles. The summed E-state index contributed by atoms with van der Waals surface area (Å²) in [5.41, 5.74) is 1.49. The quantitative estimate of drug-likeness (QED) is 0.925. The summed E-state index contributed by atoms with van der Waals surface area (Å²) in [7, 11) is 3.35. The van der Waals surface area contributed by atoms with Gasteiger partial charge >= 0.3 is 0 Å². The molecule has 1 N–H and O–H groups in total. The van der Waals surface area contributed by atoms with Gasteiger partial charge in [-0.2, -0.15) is 5.26 Å². The number of carbonyl (C=O) groups excluding carboxylic acids is 1. The number of anilines is 2. The van der Waals surface area contributed by atoms with Crippen molar-refractivity contribution in [3.63, 3.8) is 0 Å². The van der Waals surface area contributed by atoms with E-state index in [9.17, 15) is 4.79 Å². The first-order chi connectivity index (χ1) is 9.69. The summed E-state index contributed by atoms with van der Waals surface area (Å²) in [5.74, 6) is 0.295. The molecule has 0 saturated heterocycles. The molecule has 5 nitrogen and oxygen atoms in total. The second-order valence-corrected chi connectivity index (χ2v) is 4.14. The lowest BCUT2D eigenvalue weighted by molar-refractivity contribution is 0.0993. The molecule has 5 heteroatoms. The summed E-state index contributed by atoms with van der Waals surface area (Å²) in [4.78, 5) is 18.1. The molecule has 1 aromatic carbocycles. The Morgan fingerprint density at radius 1 is 1.30 bits per heavy atom. The van der Waals surface area contributed by atoms with E-state index in [4.69, 9.17) is 5.26 Å². The van der Waals surface area contributed by atoms with Crippen LogP contribution in [0.5, 0.6) is 0 Å². The van der Waals surface area contributed by atoms with Gasteiger partial charge in [-0.05, 0) is 24.3 Å². The zero-order chi connectivity index (χ0) is 14.5. The van der Waals surface area contributed by atoms with Crippen LogP contribution in [-0.4, -0.2) is 25.0 Å². The van der Waals surface area contributed by atoms with Gasteiger partial charge in [0.25, 0.3) is 5.91 Å². The molecule has 0 unspecified atom stereocenters. The minimum Gasteiger partial charge on any atom is -0.372 e. The molecule has 0 atom stereocenters. The summed E-state index contributed by atoms with van der Waals surface area (Å²) >= 11 is 0. The molecule has 2 rings (SSSR count). The average Bonchev–Trinajstić information content (AvgIpc) is 2.53. The standard InChI is InChI=1S/C15H14N4O/c1-17-14-12(7-5-9-18-14)15(20)19(2)13-8-4-3-6-11(13)10-16/h3-9H,1-2H3,(H,17,18). The summed E-state index contributed by atoms with van der Waals surface area (Å²) in [5, 5.41) is 12.0. The zero-order valence-corrected chi connectivity index (χ0v) is 11.3. The molecule has 0 radical (unpaired) electrons. The van der Waals surface area contributed by atoms with Gasteiger partial charge in [-0.1, -0.05) is 12.1 Å². The Bertz CT molecular complexity index is 676. The molecule has 0 aliphatic rings. The van der Waals surface area contributed by atoms with Gasteiger partial charge in [0.05, 0.1) is 16.8 Å². The van der Waals surface area contributed by atoms with Crippen molar-refractivity contribution in [2.45, 2.75) is 0 Å². The van der Waals surface area contributed by atoms with Crippen molar-refractivity contribution in [3.8, 4) is 6.07 Å². The van der Waals surface area contributed by atoms with E-state index < -0.39 is 0 Å². The Kier molecular flexibility index (Phi) is 3.96. The summed E-state index contributed by atoms with van der Waals surface area (Å²) < 4.78 is 0. The summed E-state index contributed by atoms with van der Waals surface area (Å²) in [6.07, 6.45) is 1.62. The number of amides is 1. The largest absolute Gasteiger partial charge is 0.372 e. The number of nitriles is 1. The summed E-state index contributed by atoms with van der Waals surface area (Å²) in [6, 6.07) is 12.5. The lowest BCUT2D eigenvalue weighted by Gasteiger charge is -2.19. The van der Waals surface area contributed by atoms with Crippen LogP contribution in [0, 0.1) is 11.3 Å². The van der Waals surface area contributed by atoms with Gasteiger partial charge < -0.3 is 10.2 Å². The highest BCUT2D eigenvalue weighted by Gasteiger charge is 2.19. The smallest absolute Gasteiger partial charge is 0.261 e. The molecule has 20 heavy (non-hydrogen) atoms. The molecule has 0 fully saturated rings. The van der Waals surface area contributed by atoms with Crippen molar-refractivity contribution in [2.75, 3.05) is 24.3 Å². The second kappa shape index (κ2) is 5.85. The molecule has 1 aromatic heterocycles. The van der Waals surface area contributed by atoms with Gasteiger partial charge in [-0.3, -0.25) is 4.79 Å². The summed E-state index contributed by atoms with van der Waals surface area (Å²) in [6.45, 7) is 0. The highest BCUT2D eigenvalue weighted by Crippen LogP contribution is 2.22. The van der Waals surface area contributed by atoms with E-state index in [0.717, 1.165) is 0 Å². The maximum atomic E-state index is 12.5. The van der Waals surface area contributed by atoms with Gasteiger partial charge in [0, 0.05) is 20.3 Å². The van der Waals surface area contributed by atoms with Crippen LogP contribution < -0.4 is 10.2 Å². The van der Waals surface area contributed by atoms with Crippen LogP contribution in [0.3, 0.4) is 0 Å². The van der Waals surface area contributed by atoms with Crippen LogP contribution in [0.15, 0.2) is 42.6 Å². The molecule has 1 heterocycles. The fourth-order valence-corrected chi connectivity index (χ4v) is 1.93. The Balaban J connectivity index is 2.41. The Hall–Kier alpha value is -2.87. The van der Waals surface area contributed by atoms with Crippen molar-refractivity contribution in [3.05, 3.63) is 53.7 Å². The predicted octanol–water partition coefficient (Wildman–Crippen LogP) is 2.27. The first kappa shape index (κ1) is 13.6. The molecule has 0 aliphatic heterocycles. The minimum atomic E-state index is -0.217. The molecule has 100 valence electrons. The van der Waals surface area contributed by atoms with Crippen LogP contribution in [0.25, 0.3) is 0 Å². The second-order valence-electron chi connectivity index (χ2n) is 4.14. The topological polar surface area (TPSA) is 69.0 Å². The van der Waals surface area contributed by atoms with Crippen LogP contribution in [0.4, 0.5) is 11.5 Å². The maximum absolute atomic E-state index is 12.5. The van der Waals surface area contributed by atoms with Crippen LogP contribution in [0.1, 0.15) is 15.9 Å². The lowest BCUT2D eigenvalue weighted by Crippen LogP contribution is -2.27. The zero-order valence-electron chi connectivity index (χ0n) is 11.3. The van der Waals surface area contributed by atoms with E-state index in [1.54, 1.807) is 56.7 Å². The van der Waals surface area contributed by atoms with Gasteiger partial charge in [0.1, 0.15) is 11.9 Å². The van der Waals surface area contributed by atoms with Gasteiger partial charge in [0.2, 0.25) is 0 Å². The Morgan fingerprint density at radius 2 is 2.05 bits per heavy atom. The monoisotopic (exact) mass is 266 g/mol. The average molecular weight is 266 g/mol. The van der Waals surface area contributed by atoms with E-state index in [1.165, 1.54) is 4.90 Å². The fraction of sp³-hybridized carbons (Fsp3) is 0.133. The van der Waals surface area contributed by atoms with E-state index in [-0.39, 0.29) is 5.91 Å². The highest BCUT2D eigenvalue weighted by atomic mass is 16.2. The lowest BCUT2D eigenvalue weighted by atomic mass is 10.1. The van der Waals surface area contributed by atoms with E-state index in [0.29, 0.717) is 22.6 Å². The van der Waals surface area contributed by atoms with E-state index >= 15 is 0 Å². The molecule has 2 aromatic rings. The first-order valence-electron chi connectivity index (χ1n) is 6.09. The van der Waals surface area contributed by atoms with Crippen molar-refractivity contribution in [1.82, 2.24) is 4.98 Å². The number of nitrogens with one attached hydrogen (secondary N) is 1. The third kappa shape index (κ3) is 2.45. The number of para-hydroxylation sites is 1. The van der Waals surface area contributed by atoms with Crippen LogP contribution in [0.2, 0.25) is 0 Å². The first-order valence-corrected chi connectivity index (χ1v) is 6.09. The number of nitrogens with zero attached hydrogens (tertiary/aromatic N) is 3. The molecule has 0 spiro atoms. The van der Waals surface area contributed by atoms with E-state index in [2.05, 4.69) is 16.4 Å². The maximum Gasteiger partial charge on any atom is 0.261 e. The van der Waals surface area contributed by atoms with Crippen molar-refractivity contribution in [2.24, 2.45) is 0 Å². The third-order valence-electron chi connectivity index (χ3n) is 2.97. The van der Waals surface area contributed by atoms with Crippen LogP contribution >= 0.6 is 0 Å². The molecule has 1 amide bonds. The van der Waals surface area contributed by atoms with Gasteiger partial charge in [0.15, 0.2) is 0 Å². The molecule has 0 bridgehead atoms. The number of rotatable bonds is 3. The fourth-order valence-electron chi connectivity index (χ4n) is 1.93. The molecule has 0 aliphatic carbocycles. The van der Waals surface area contributed by atoms with Crippen LogP contribution in [-0.2, 0) is 0 Å². The number of hydrogen-bond acceptors (Lipinski definition) is 4. The molecular weight excluding hydrogens is 252 g/mol. The number of pyridine rings is 1. The van der Waals surface area contributed by atoms with Crippen molar-refractivity contribution >= 4 is 17.4 Å². The third-order valence-corrected chi connectivity index (χ3v) is 2.97. The Labute approximate surface area is 117 Å². The highest BCUT2D eigenvalue weighted by molar-refractivity contribution is 6.09. The Morgan fingerprint density at radius 3 is 2.75 bits per heavy atom. The van der Waals surface area contributed by atoms with Crippen molar-refractivity contribution < 1.29 is 4.79 Å². The predicted molar refractivity (Wildman–Crippen MR) is 77.7 cm³/mol. The van der Waals surface area contributed by atoms with Gasteiger partial charge in [-0.15, -0.1) is 0 Å². The number of aromatic nitrogens is 1. The minimum absolute atomic E-state index is 0.217. The van der Waals surface area contributed by atoms with Gasteiger partial charge in [-0.25, -0.2) is 4.98 Å². The normalized spacial score (nSPS) is 9.65. The van der Waals surface area contributed by atoms with E-state index in [1.807, 2.05) is 0 Å². The molecular formula is C15H14N4O. The number of benzene rings is 1. The van der Waals surface area contributed by atoms with Crippen molar-refractivity contribution in [1.29, 1.82) is 5.26 Å².